The Balaban J connectivity index is 1.91. The summed E-state index contributed by atoms with van der Waals surface area (Å²) in [5.74, 6) is -1.60. The van der Waals surface area contributed by atoms with Gasteiger partial charge in [-0.2, -0.15) is 0 Å². The molecule has 0 aliphatic heterocycles. The molecule has 6 heteroatoms. The van der Waals surface area contributed by atoms with Gasteiger partial charge in [0.15, 0.2) is 0 Å². The van der Waals surface area contributed by atoms with Crippen molar-refractivity contribution in [2.75, 3.05) is 5.32 Å². The van der Waals surface area contributed by atoms with Gasteiger partial charge in [-0.25, -0.2) is 0 Å². The highest BCUT2D eigenvalue weighted by atomic mass is 16.4. The van der Waals surface area contributed by atoms with Crippen LogP contribution in [0.4, 0.5) is 5.69 Å². The fourth-order valence-corrected chi connectivity index (χ4v) is 2.44. The standard InChI is InChI=1S/C20H22N2O4/c1-13(15-6-4-3-5-7-15)12-18(23)22-17-10-8-16(9-11-17)19(24)21-14(2)20(25)26/h3-11,13-14H,12H2,1-2H3,(H,21,24)(H,22,23)(H,25,26). The van der Waals surface area contributed by atoms with Crippen molar-refractivity contribution in [1.29, 1.82) is 0 Å². The molecule has 136 valence electrons. The first-order valence-electron chi connectivity index (χ1n) is 8.35. The maximum absolute atomic E-state index is 12.2. The van der Waals surface area contributed by atoms with Crippen LogP contribution in [-0.2, 0) is 9.59 Å². The summed E-state index contributed by atoms with van der Waals surface area (Å²) < 4.78 is 0. The van der Waals surface area contributed by atoms with Gasteiger partial charge in [0.25, 0.3) is 5.91 Å². The summed E-state index contributed by atoms with van der Waals surface area (Å²) in [5.41, 5.74) is 2.01. The Labute approximate surface area is 152 Å². The van der Waals surface area contributed by atoms with Crippen LogP contribution in [0.15, 0.2) is 54.6 Å². The van der Waals surface area contributed by atoms with Gasteiger partial charge in [0.05, 0.1) is 0 Å². The summed E-state index contributed by atoms with van der Waals surface area (Å²) in [6.07, 6.45) is 0.350. The van der Waals surface area contributed by atoms with Gasteiger partial charge in [-0.3, -0.25) is 14.4 Å². The van der Waals surface area contributed by atoms with Crippen molar-refractivity contribution in [3.05, 3.63) is 65.7 Å². The van der Waals surface area contributed by atoms with E-state index < -0.39 is 17.9 Å². The zero-order chi connectivity index (χ0) is 19.1. The molecule has 2 rings (SSSR count). The lowest BCUT2D eigenvalue weighted by molar-refractivity contribution is -0.138. The average Bonchev–Trinajstić information content (AvgIpc) is 2.62. The third kappa shape index (κ3) is 5.44. The molecule has 3 N–H and O–H groups in total. The zero-order valence-electron chi connectivity index (χ0n) is 14.7. The molecule has 0 spiro atoms. The van der Waals surface area contributed by atoms with Gasteiger partial charge in [0.2, 0.25) is 5.91 Å². The molecule has 0 saturated carbocycles. The zero-order valence-corrected chi connectivity index (χ0v) is 14.7. The normalized spacial score (nSPS) is 12.7. The van der Waals surface area contributed by atoms with Gasteiger partial charge in [-0.15, -0.1) is 0 Å². The van der Waals surface area contributed by atoms with Crippen molar-refractivity contribution in [2.24, 2.45) is 0 Å². The minimum absolute atomic E-state index is 0.0961. The molecular weight excluding hydrogens is 332 g/mol. The molecule has 0 aliphatic rings. The van der Waals surface area contributed by atoms with Crippen molar-refractivity contribution >= 4 is 23.5 Å². The number of hydrogen-bond acceptors (Lipinski definition) is 3. The van der Waals surface area contributed by atoms with Crippen LogP contribution in [0.5, 0.6) is 0 Å². The van der Waals surface area contributed by atoms with E-state index in [1.54, 1.807) is 24.3 Å². The number of carbonyl (C=O) groups excluding carboxylic acids is 2. The third-order valence-electron chi connectivity index (χ3n) is 4.01. The van der Waals surface area contributed by atoms with E-state index in [0.29, 0.717) is 17.7 Å². The van der Waals surface area contributed by atoms with E-state index in [4.69, 9.17) is 5.11 Å². The molecule has 0 radical (unpaired) electrons. The van der Waals surface area contributed by atoms with Gasteiger partial charge in [0.1, 0.15) is 6.04 Å². The van der Waals surface area contributed by atoms with Gasteiger partial charge in [-0.1, -0.05) is 37.3 Å². The van der Waals surface area contributed by atoms with Gasteiger partial charge in [0, 0.05) is 17.7 Å². The molecule has 0 aromatic heterocycles. The fourth-order valence-electron chi connectivity index (χ4n) is 2.44. The van der Waals surface area contributed by atoms with E-state index >= 15 is 0 Å². The highest BCUT2D eigenvalue weighted by Crippen LogP contribution is 2.19. The van der Waals surface area contributed by atoms with Crippen LogP contribution in [0.1, 0.15) is 42.1 Å². The predicted molar refractivity (Wildman–Crippen MR) is 99.1 cm³/mol. The summed E-state index contributed by atoms with van der Waals surface area (Å²) >= 11 is 0. The van der Waals surface area contributed by atoms with Crippen LogP contribution < -0.4 is 10.6 Å². The van der Waals surface area contributed by atoms with Crippen molar-refractivity contribution in [2.45, 2.75) is 32.2 Å². The topological polar surface area (TPSA) is 95.5 Å². The predicted octanol–water partition coefficient (Wildman–Crippen LogP) is 3.02. The van der Waals surface area contributed by atoms with Crippen molar-refractivity contribution in [3.8, 4) is 0 Å². The number of carboxylic acid groups (broad SMARTS) is 1. The maximum Gasteiger partial charge on any atom is 0.325 e. The monoisotopic (exact) mass is 354 g/mol. The number of rotatable bonds is 7. The Hall–Kier alpha value is -3.15. The summed E-state index contributed by atoms with van der Waals surface area (Å²) in [6, 6.07) is 15.1. The number of benzene rings is 2. The lowest BCUT2D eigenvalue weighted by Gasteiger charge is -2.12. The van der Waals surface area contributed by atoms with Crippen LogP contribution in [-0.4, -0.2) is 28.9 Å². The van der Waals surface area contributed by atoms with Crippen LogP contribution >= 0.6 is 0 Å². The molecular formula is C20H22N2O4. The molecule has 26 heavy (non-hydrogen) atoms. The number of hydrogen-bond donors (Lipinski definition) is 3. The summed E-state index contributed by atoms with van der Waals surface area (Å²) in [4.78, 5) is 34.9. The van der Waals surface area contributed by atoms with E-state index in [1.165, 1.54) is 6.92 Å². The minimum atomic E-state index is -1.10. The van der Waals surface area contributed by atoms with Gasteiger partial charge < -0.3 is 15.7 Å². The Morgan fingerprint density at radius 2 is 1.58 bits per heavy atom. The number of carboxylic acids is 1. The van der Waals surface area contributed by atoms with E-state index in [9.17, 15) is 14.4 Å². The molecule has 0 heterocycles. The van der Waals surface area contributed by atoms with E-state index in [2.05, 4.69) is 10.6 Å². The van der Waals surface area contributed by atoms with Crippen molar-refractivity contribution < 1.29 is 19.5 Å². The highest BCUT2D eigenvalue weighted by Gasteiger charge is 2.15. The lowest BCUT2D eigenvalue weighted by atomic mass is 9.97. The molecule has 2 aromatic carbocycles. The summed E-state index contributed by atoms with van der Waals surface area (Å²) in [5, 5.41) is 14.0. The Kier molecular flexibility index (Phi) is 6.49. The smallest absolute Gasteiger partial charge is 0.325 e. The van der Waals surface area contributed by atoms with Crippen molar-refractivity contribution in [3.63, 3.8) is 0 Å². The molecule has 0 saturated heterocycles. The molecule has 0 fully saturated rings. The Bertz CT molecular complexity index is 772. The molecule has 0 bridgehead atoms. The third-order valence-corrected chi connectivity index (χ3v) is 4.01. The summed E-state index contributed by atoms with van der Waals surface area (Å²) in [6.45, 7) is 3.38. The van der Waals surface area contributed by atoms with Crippen LogP contribution in [0.25, 0.3) is 0 Å². The van der Waals surface area contributed by atoms with E-state index in [1.807, 2.05) is 37.3 Å². The number of nitrogens with one attached hydrogen (secondary N) is 2. The molecule has 6 nitrogen and oxygen atoms in total. The van der Waals surface area contributed by atoms with Crippen LogP contribution in [0.2, 0.25) is 0 Å². The van der Waals surface area contributed by atoms with Gasteiger partial charge >= 0.3 is 5.97 Å². The maximum atomic E-state index is 12.2. The molecule has 0 aliphatic carbocycles. The Morgan fingerprint density at radius 1 is 0.962 bits per heavy atom. The number of carbonyl (C=O) groups is 3. The quantitative estimate of drug-likeness (QED) is 0.712. The molecule has 2 unspecified atom stereocenters. The van der Waals surface area contributed by atoms with E-state index in [-0.39, 0.29) is 11.8 Å². The average molecular weight is 354 g/mol. The van der Waals surface area contributed by atoms with Crippen LogP contribution in [0.3, 0.4) is 0 Å². The van der Waals surface area contributed by atoms with Crippen molar-refractivity contribution in [1.82, 2.24) is 5.32 Å². The second-order valence-corrected chi connectivity index (χ2v) is 6.17. The minimum Gasteiger partial charge on any atom is -0.480 e. The second kappa shape index (κ2) is 8.80. The number of amides is 2. The molecule has 2 amide bonds. The largest absolute Gasteiger partial charge is 0.480 e. The van der Waals surface area contributed by atoms with Crippen LogP contribution in [0, 0.1) is 0 Å². The van der Waals surface area contributed by atoms with E-state index in [0.717, 1.165) is 5.56 Å². The van der Waals surface area contributed by atoms with Gasteiger partial charge in [-0.05, 0) is 42.7 Å². The Morgan fingerprint density at radius 3 is 2.15 bits per heavy atom. The number of aliphatic carboxylic acids is 1. The first-order valence-corrected chi connectivity index (χ1v) is 8.35. The fraction of sp³-hybridized carbons (Fsp3) is 0.250. The molecule has 2 aromatic rings. The first-order chi connectivity index (χ1) is 12.4. The SMILES string of the molecule is CC(NC(=O)c1ccc(NC(=O)CC(C)c2ccccc2)cc1)C(=O)O. The lowest BCUT2D eigenvalue weighted by Crippen LogP contribution is -2.38. The highest BCUT2D eigenvalue weighted by molar-refractivity contribution is 5.97. The number of anilines is 1. The first kappa shape index (κ1) is 19.2. The second-order valence-electron chi connectivity index (χ2n) is 6.17. The summed E-state index contributed by atoms with van der Waals surface area (Å²) in [7, 11) is 0. The molecule has 2 atom stereocenters.